The van der Waals surface area contributed by atoms with E-state index in [9.17, 15) is 4.79 Å². The van der Waals surface area contributed by atoms with Crippen LogP contribution in [0.2, 0.25) is 0 Å². The third kappa shape index (κ3) is 5.57. The summed E-state index contributed by atoms with van der Waals surface area (Å²) in [4.78, 5) is 18.6. The molecule has 0 aliphatic rings. The molecule has 0 spiro atoms. The molecule has 0 aliphatic heterocycles. The third-order valence-electron chi connectivity index (χ3n) is 4.03. The van der Waals surface area contributed by atoms with Crippen LogP contribution in [0, 0.1) is 12.3 Å². The summed E-state index contributed by atoms with van der Waals surface area (Å²) in [5.74, 6) is 0.699. The molecule has 0 bridgehead atoms. The molecule has 1 amide bonds. The second kappa shape index (κ2) is 8.12. The maximum atomic E-state index is 12.6. The van der Waals surface area contributed by atoms with Gasteiger partial charge in [-0.25, -0.2) is 0 Å². The normalized spacial score (nSPS) is 11.2. The molecular formula is C20H27N3O2. The van der Waals surface area contributed by atoms with Gasteiger partial charge in [0.05, 0.1) is 6.20 Å². The molecule has 0 fully saturated rings. The van der Waals surface area contributed by atoms with Crippen molar-refractivity contribution in [3.63, 3.8) is 0 Å². The van der Waals surface area contributed by atoms with Crippen molar-refractivity contribution in [2.75, 3.05) is 20.1 Å². The van der Waals surface area contributed by atoms with Gasteiger partial charge in [0, 0.05) is 24.8 Å². The fraction of sp³-hybridized carbons (Fsp3) is 0.400. The number of carbonyl (C=O) groups is 1. The standard InChI is InChI=1S/C20H27N3O2/c1-15-8-9-18(11-22-15)25-12-16-6-5-7-17(10-16)19(24)23(4)14-20(2,3)13-21/h5-11H,12-14,21H2,1-4H3. The molecule has 1 aromatic heterocycles. The Morgan fingerprint density at radius 3 is 2.68 bits per heavy atom. The van der Waals surface area contributed by atoms with E-state index in [1.54, 1.807) is 18.1 Å². The topological polar surface area (TPSA) is 68.5 Å². The molecule has 2 N–H and O–H groups in total. The number of amides is 1. The van der Waals surface area contributed by atoms with Crippen LogP contribution in [0.15, 0.2) is 42.6 Å². The van der Waals surface area contributed by atoms with Crippen molar-refractivity contribution in [3.05, 3.63) is 59.4 Å². The van der Waals surface area contributed by atoms with Crippen LogP contribution >= 0.6 is 0 Å². The molecule has 0 atom stereocenters. The number of nitrogens with two attached hydrogens (primary N) is 1. The summed E-state index contributed by atoms with van der Waals surface area (Å²) < 4.78 is 5.74. The molecule has 0 saturated heterocycles. The van der Waals surface area contributed by atoms with E-state index in [-0.39, 0.29) is 11.3 Å². The summed E-state index contributed by atoms with van der Waals surface area (Å²) in [7, 11) is 1.81. The first-order chi connectivity index (χ1) is 11.8. The lowest BCUT2D eigenvalue weighted by Gasteiger charge is -2.29. The Kier molecular flexibility index (Phi) is 6.15. The van der Waals surface area contributed by atoms with E-state index in [0.717, 1.165) is 11.3 Å². The molecule has 1 aromatic carbocycles. The van der Waals surface area contributed by atoms with Gasteiger partial charge in [-0.1, -0.05) is 26.0 Å². The van der Waals surface area contributed by atoms with Crippen molar-refractivity contribution >= 4 is 5.91 Å². The van der Waals surface area contributed by atoms with Gasteiger partial charge in [0.1, 0.15) is 12.4 Å². The number of ether oxygens (including phenoxy) is 1. The van der Waals surface area contributed by atoms with E-state index in [1.165, 1.54) is 0 Å². The summed E-state index contributed by atoms with van der Waals surface area (Å²) in [6.45, 7) is 7.57. The second-order valence-corrected chi connectivity index (χ2v) is 7.15. The Bertz CT molecular complexity index is 711. The number of aromatic nitrogens is 1. The monoisotopic (exact) mass is 341 g/mol. The van der Waals surface area contributed by atoms with Crippen molar-refractivity contribution in [2.24, 2.45) is 11.1 Å². The Hall–Kier alpha value is -2.40. The van der Waals surface area contributed by atoms with Crippen LogP contribution in [0.1, 0.15) is 35.5 Å². The highest BCUT2D eigenvalue weighted by Crippen LogP contribution is 2.17. The lowest BCUT2D eigenvalue weighted by atomic mass is 9.93. The van der Waals surface area contributed by atoms with E-state index < -0.39 is 0 Å². The van der Waals surface area contributed by atoms with Crippen molar-refractivity contribution < 1.29 is 9.53 Å². The first-order valence-corrected chi connectivity index (χ1v) is 8.41. The largest absolute Gasteiger partial charge is 0.487 e. The number of rotatable bonds is 7. The van der Waals surface area contributed by atoms with Crippen LogP contribution in [0.3, 0.4) is 0 Å². The van der Waals surface area contributed by atoms with Gasteiger partial charge in [-0.2, -0.15) is 0 Å². The van der Waals surface area contributed by atoms with Crippen LogP contribution < -0.4 is 10.5 Å². The average Bonchev–Trinajstić information content (AvgIpc) is 2.60. The lowest BCUT2D eigenvalue weighted by Crippen LogP contribution is -2.39. The number of benzene rings is 1. The maximum Gasteiger partial charge on any atom is 0.253 e. The number of aryl methyl sites for hydroxylation is 1. The predicted octanol–water partition coefficient (Wildman–Crippen LogP) is 3.03. The molecule has 2 rings (SSSR count). The zero-order chi connectivity index (χ0) is 18.4. The highest BCUT2D eigenvalue weighted by Gasteiger charge is 2.22. The third-order valence-corrected chi connectivity index (χ3v) is 4.03. The molecule has 0 aliphatic carbocycles. The number of hydrogen-bond acceptors (Lipinski definition) is 4. The Balaban J connectivity index is 2.02. The summed E-state index contributed by atoms with van der Waals surface area (Å²) in [5.41, 5.74) is 8.20. The van der Waals surface area contributed by atoms with Crippen molar-refractivity contribution in [3.8, 4) is 5.75 Å². The Labute approximate surface area is 149 Å². The number of hydrogen-bond donors (Lipinski definition) is 1. The number of pyridine rings is 1. The molecule has 25 heavy (non-hydrogen) atoms. The van der Waals surface area contributed by atoms with Gasteiger partial charge in [0.25, 0.3) is 5.91 Å². The summed E-state index contributed by atoms with van der Waals surface area (Å²) in [6, 6.07) is 11.3. The Morgan fingerprint density at radius 1 is 1.28 bits per heavy atom. The molecule has 0 saturated carbocycles. The van der Waals surface area contributed by atoms with Gasteiger partial charge in [-0.05, 0) is 48.7 Å². The van der Waals surface area contributed by atoms with Crippen molar-refractivity contribution in [2.45, 2.75) is 27.4 Å². The van der Waals surface area contributed by atoms with E-state index in [1.807, 2.05) is 43.3 Å². The van der Waals surface area contributed by atoms with Gasteiger partial charge in [0.15, 0.2) is 0 Å². The van der Waals surface area contributed by atoms with Gasteiger partial charge in [-0.3, -0.25) is 9.78 Å². The van der Waals surface area contributed by atoms with Gasteiger partial charge in [0.2, 0.25) is 0 Å². The fourth-order valence-electron chi connectivity index (χ4n) is 2.50. The molecule has 2 aromatic rings. The quantitative estimate of drug-likeness (QED) is 0.840. The zero-order valence-corrected chi connectivity index (χ0v) is 15.5. The summed E-state index contributed by atoms with van der Waals surface area (Å²) in [6.07, 6.45) is 1.70. The summed E-state index contributed by atoms with van der Waals surface area (Å²) >= 11 is 0. The minimum absolute atomic E-state index is 0.0135. The molecule has 5 heteroatoms. The van der Waals surface area contributed by atoms with Crippen LogP contribution in [-0.2, 0) is 6.61 Å². The highest BCUT2D eigenvalue weighted by molar-refractivity contribution is 5.94. The fourth-order valence-corrected chi connectivity index (χ4v) is 2.50. The van der Waals surface area contributed by atoms with Crippen LogP contribution in [0.25, 0.3) is 0 Å². The number of nitrogens with zero attached hydrogens (tertiary/aromatic N) is 2. The predicted molar refractivity (Wildman–Crippen MR) is 99.5 cm³/mol. The van der Waals surface area contributed by atoms with Gasteiger partial charge >= 0.3 is 0 Å². The van der Waals surface area contributed by atoms with E-state index >= 15 is 0 Å². The van der Waals surface area contributed by atoms with Gasteiger partial charge in [-0.15, -0.1) is 0 Å². The molecule has 5 nitrogen and oxygen atoms in total. The van der Waals surface area contributed by atoms with Crippen molar-refractivity contribution in [1.82, 2.24) is 9.88 Å². The molecule has 134 valence electrons. The number of carbonyl (C=O) groups excluding carboxylic acids is 1. The smallest absolute Gasteiger partial charge is 0.253 e. The zero-order valence-electron chi connectivity index (χ0n) is 15.5. The maximum absolute atomic E-state index is 12.6. The summed E-state index contributed by atoms with van der Waals surface area (Å²) in [5, 5.41) is 0. The van der Waals surface area contributed by atoms with E-state index in [2.05, 4.69) is 18.8 Å². The highest BCUT2D eigenvalue weighted by atomic mass is 16.5. The second-order valence-electron chi connectivity index (χ2n) is 7.15. The lowest BCUT2D eigenvalue weighted by molar-refractivity contribution is 0.0740. The molecule has 0 radical (unpaired) electrons. The minimum Gasteiger partial charge on any atom is -0.487 e. The van der Waals surface area contributed by atoms with Crippen molar-refractivity contribution in [1.29, 1.82) is 0 Å². The Morgan fingerprint density at radius 2 is 2.04 bits per heavy atom. The van der Waals surface area contributed by atoms with E-state index in [4.69, 9.17) is 10.5 Å². The molecular weight excluding hydrogens is 314 g/mol. The average molecular weight is 341 g/mol. The molecule has 1 heterocycles. The first-order valence-electron chi connectivity index (χ1n) is 8.41. The van der Waals surface area contributed by atoms with Gasteiger partial charge < -0.3 is 15.4 Å². The van der Waals surface area contributed by atoms with Crippen LogP contribution in [-0.4, -0.2) is 35.9 Å². The van der Waals surface area contributed by atoms with Crippen LogP contribution in [0.4, 0.5) is 0 Å². The SMILES string of the molecule is Cc1ccc(OCc2cccc(C(=O)N(C)CC(C)(C)CN)c2)cn1. The minimum atomic E-state index is -0.108. The van der Waals surface area contributed by atoms with Crippen LogP contribution in [0.5, 0.6) is 5.75 Å². The molecule has 0 unspecified atom stereocenters. The first kappa shape index (κ1) is 18.9. The van der Waals surface area contributed by atoms with E-state index in [0.29, 0.717) is 31.0 Å².